The van der Waals surface area contributed by atoms with Crippen molar-refractivity contribution < 1.29 is 19.8 Å². The van der Waals surface area contributed by atoms with Crippen LogP contribution in [0, 0.1) is 5.92 Å². The van der Waals surface area contributed by atoms with E-state index in [9.17, 15) is 9.59 Å². The Morgan fingerprint density at radius 2 is 2.00 bits per heavy atom. The standard InChI is InChI=1S/C8H10O4/c1-2-6(8(11)12)4-3-5-7(9)10/h2-4,6H,1,5H2,(H,9,10)(H,11,12). The fourth-order valence-electron chi connectivity index (χ4n) is 0.577. The molecule has 0 aromatic rings. The molecule has 0 saturated heterocycles. The van der Waals surface area contributed by atoms with Crippen molar-refractivity contribution in [1.82, 2.24) is 0 Å². The van der Waals surface area contributed by atoms with E-state index in [1.54, 1.807) is 0 Å². The average Bonchev–Trinajstić information content (AvgIpc) is 1.96. The molecular formula is C8H10O4. The van der Waals surface area contributed by atoms with Crippen LogP contribution in [0.15, 0.2) is 24.8 Å². The summed E-state index contributed by atoms with van der Waals surface area (Å²) in [7, 11) is 0. The molecule has 0 rings (SSSR count). The van der Waals surface area contributed by atoms with E-state index in [4.69, 9.17) is 10.2 Å². The van der Waals surface area contributed by atoms with Gasteiger partial charge in [-0.25, -0.2) is 0 Å². The summed E-state index contributed by atoms with van der Waals surface area (Å²) in [5, 5.41) is 16.7. The number of hydrogen-bond donors (Lipinski definition) is 2. The first-order chi connectivity index (χ1) is 5.57. The first-order valence-corrected chi connectivity index (χ1v) is 3.31. The van der Waals surface area contributed by atoms with Crippen LogP contribution in [0.1, 0.15) is 6.42 Å². The molecule has 66 valence electrons. The molecule has 0 fully saturated rings. The van der Waals surface area contributed by atoms with Crippen molar-refractivity contribution in [3.05, 3.63) is 24.8 Å². The van der Waals surface area contributed by atoms with Gasteiger partial charge in [-0.2, -0.15) is 0 Å². The number of aliphatic carboxylic acids is 2. The van der Waals surface area contributed by atoms with Crippen molar-refractivity contribution >= 4 is 11.9 Å². The molecule has 0 amide bonds. The molecular weight excluding hydrogens is 160 g/mol. The van der Waals surface area contributed by atoms with Gasteiger partial charge in [0.05, 0.1) is 12.3 Å². The minimum atomic E-state index is -1.04. The highest BCUT2D eigenvalue weighted by Gasteiger charge is 2.07. The first-order valence-electron chi connectivity index (χ1n) is 3.31. The molecule has 0 aliphatic rings. The largest absolute Gasteiger partial charge is 0.481 e. The summed E-state index contributed by atoms with van der Waals surface area (Å²) < 4.78 is 0. The molecule has 1 atom stereocenters. The lowest BCUT2D eigenvalue weighted by Gasteiger charge is -1.97. The maximum Gasteiger partial charge on any atom is 0.314 e. The Morgan fingerprint density at radius 1 is 1.42 bits per heavy atom. The predicted molar refractivity (Wildman–Crippen MR) is 42.7 cm³/mol. The number of carbonyl (C=O) groups is 2. The van der Waals surface area contributed by atoms with Crippen LogP contribution >= 0.6 is 0 Å². The van der Waals surface area contributed by atoms with Crippen molar-refractivity contribution in [3.63, 3.8) is 0 Å². The lowest BCUT2D eigenvalue weighted by Crippen LogP contribution is -2.07. The van der Waals surface area contributed by atoms with E-state index in [1.807, 2.05) is 0 Å². The van der Waals surface area contributed by atoms with Crippen LogP contribution < -0.4 is 0 Å². The van der Waals surface area contributed by atoms with Gasteiger partial charge in [0.2, 0.25) is 0 Å². The van der Waals surface area contributed by atoms with E-state index < -0.39 is 17.9 Å². The molecule has 0 saturated carbocycles. The van der Waals surface area contributed by atoms with Gasteiger partial charge in [-0.3, -0.25) is 9.59 Å². The molecule has 0 radical (unpaired) electrons. The van der Waals surface area contributed by atoms with Crippen molar-refractivity contribution in [1.29, 1.82) is 0 Å². The SMILES string of the molecule is C=CC(C=CCC(=O)O)C(=O)O. The second-order valence-corrected chi connectivity index (χ2v) is 2.13. The van der Waals surface area contributed by atoms with Gasteiger partial charge in [-0.1, -0.05) is 18.2 Å². The van der Waals surface area contributed by atoms with E-state index in [0.717, 1.165) is 0 Å². The summed E-state index contributed by atoms with van der Waals surface area (Å²) in [5.41, 5.74) is 0. The molecule has 1 unspecified atom stereocenters. The Kier molecular flexibility index (Phi) is 4.45. The lowest BCUT2D eigenvalue weighted by atomic mass is 10.1. The Hall–Kier alpha value is -1.58. The minimum absolute atomic E-state index is 0.169. The fraction of sp³-hybridized carbons (Fsp3) is 0.250. The third-order valence-electron chi connectivity index (χ3n) is 1.17. The highest BCUT2D eigenvalue weighted by Crippen LogP contribution is 2.00. The van der Waals surface area contributed by atoms with Gasteiger partial charge in [0.25, 0.3) is 0 Å². The van der Waals surface area contributed by atoms with Crippen molar-refractivity contribution in [2.75, 3.05) is 0 Å². The van der Waals surface area contributed by atoms with Gasteiger partial charge in [-0.15, -0.1) is 6.58 Å². The van der Waals surface area contributed by atoms with Gasteiger partial charge < -0.3 is 10.2 Å². The molecule has 0 bridgehead atoms. The fourth-order valence-corrected chi connectivity index (χ4v) is 0.577. The van der Waals surface area contributed by atoms with Crippen molar-refractivity contribution in [3.8, 4) is 0 Å². The normalized spacial score (nSPS) is 12.7. The summed E-state index contributed by atoms with van der Waals surface area (Å²) in [6.07, 6.45) is 3.66. The smallest absolute Gasteiger partial charge is 0.314 e. The van der Waals surface area contributed by atoms with Crippen molar-refractivity contribution in [2.24, 2.45) is 5.92 Å². The Bertz CT molecular complexity index is 217. The topological polar surface area (TPSA) is 74.6 Å². The molecule has 0 spiro atoms. The van der Waals surface area contributed by atoms with Crippen LogP contribution in [-0.4, -0.2) is 22.2 Å². The van der Waals surface area contributed by atoms with E-state index in [2.05, 4.69) is 6.58 Å². The maximum atomic E-state index is 10.3. The third-order valence-corrected chi connectivity index (χ3v) is 1.17. The van der Waals surface area contributed by atoms with Gasteiger partial charge in [-0.05, 0) is 0 Å². The maximum absolute atomic E-state index is 10.3. The van der Waals surface area contributed by atoms with E-state index >= 15 is 0 Å². The first kappa shape index (κ1) is 10.4. The minimum Gasteiger partial charge on any atom is -0.481 e. The number of carboxylic acid groups (broad SMARTS) is 2. The van der Waals surface area contributed by atoms with Gasteiger partial charge >= 0.3 is 11.9 Å². The lowest BCUT2D eigenvalue weighted by molar-refractivity contribution is -0.139. The predicted octanol–water partition coefficient (Wildman–Crippen LogP) is 0.904. The molecule has 0 aromatic carbocycles. The zero-order valence-corrected chi connectivity index (χ0v) is 6.43. The quantitative estimate of drug-likeness (QED) is 0.601. The second-order valence-electron chi connectivity index (χ2n) is 2.13. The van der Waals surface area contributed by atoms with Crippen LogP contribution in [0.25, 0.3) is 0 Å². The number of hydrogen-bond acceptors (Lipinski definition) is 2. The Labute approximate surface area is 69.8 Å². The van der Waals surface area contributed by atoms with E-state index in [1.165, 1.54) is 18.2 Å². The molecule has 4 heteroatoms. The van der Waals surface area contributed by atoms with E-state index in [-0.39, 0.29) is 6.42 Å². The Morgan fingerprint density at radius 3 is 2.33 bits per heavy atom. The molecule has 0 aliphatic carbocycles. The average molecular weight is 170 g/mol. The zero-order chi connectivity index (χ0) is 9.56. The molecule has 12 heavy (non-hydrogen) atoms. The number of rotatable bonds is 5. The summed E-state index contributed by atoms with van der Waals surface area (Å²) >= 11 is 0. The molecule has 2 N–H and O–H groups in total. The van der Waals surface area contributed by atoms with Crippen LogP contribution in [0.4, 0.5) is 0 Å². The van der Waals surface area contributed by atoms with Gasteiger partial charge in [0.1, 0.15) is 0 Å². The van der Waals surface area contributed by atoms with Crippen LogP contribution in [0.2, 0.25) is 0 Å². The molecule has 0 heterocycles. The van der Waals surface area contributed by atoms with Crippen LogP contribution in [-0.2, 0) is 9.59 Å². The van der Waals surface area contributed by atoms with Gasteiger partial charge in [0.15, 0.2) is 0 Å². The zero-order valence-electron chi connectivity index (χ0n) is 6.43. The highest BCUT2D eigenvalue weighted by atomic mass is 16.4. The summed E-state index contributed by atoms with van der Waals surface area (Å²) in [6, 6.07) is 0. The molecule has 0 aliphatic heterocycles. The Balaban J connectivity index is 4.02. The van der Waals surface area contributed by atoms with Crippen molar-refractivity contribution in [2.45, 2.75) is 6.42 Å². The second kappa shape index (κ2) is 5.12. The third kappa shape index (κ3) is 4.27. The van der Waals surface area contributed by atoms with E-state index in [0.29, 0.717) is 0 Å². The summed E-state index contributed by atoms with van der Waals surface area (Å²) in [5.74, 6) is -2.82. The van der Waals surface area contributed by atoms with Crippen LogP contribution in [0.5, 0.6) is 0 Å². The highest BCUT2D eigenvalue weighted by molar-refractivity contribution is 5.74. The van der Waals surface area contributed by atoms with Crippen LogP contribution in [0.3, 0.4) is 0 Å². The number of carboxylic acids is 2. The molecule has 0 aromatic heterocycles. The summed E-state index contributed by atoms with van der Waals surface area (Å²) in [6.45, 7) is 3.30. The molecule has 4 nitrogen and oxygen atoms in total. The van der Waals surface area contributed by atoms with Gasteiger partial charge in [0, 0.05) is 0 Å². The summed E-state index contributed by atoms with van der Waals surface area (Å²) in [4.78, 5) is 20.4. The monoisotopic (exact) mass is 170 g/mol.